The molecular formula is C20H24F2N4O3. The minimum Gasteiger partial charge on any atom is -0.395 e. The fourth-order valence-electron chi connectivity index (χ4n) is 2.19. The van der Waals surface area contributed by atoms with Gasteiger partial charge in [0.1, 0.15) is 23.8 Å². The Morgan fingerprint density at radius 2 is 1.79 bits per heavy atom. The first kappa shape index (κ1) is 23.7. The monoisotopic (exact) mass is 406 g/mol. The molecule has 0 fully saturated rings. The zero-order valence-electron chi connectivity index (χ0n) is 16.0. The lowest BCUT2D eigenvalue weighted by Gasteiger charge is -2.17. The molecule has 0 atom stereocenters. The standard InChI is InChI=1S/C11H13N3O2.C9H11F2NO/c12-11(13)8-3-5-9(6-4-8)14-10(16)2-1-7-15;1-12(2-3-13)9-5-7(10)4-8(11)6-9/h3-7H,1-2H2,(H3,12,13)(H,14,16);4-6,13H,2-3H2,1H3. The normalized spacial score (nSPS) is 9.79. The van der Waals surface area contributed by atoms with Gasteiger partial charge in [-0.05, 0) is 36.4 Å². The van der Waals surface area contributed by atoms with Gasteiger partial charge in [0.15, 0.2) is 0 Å². The number of rotatable bonds is 8. The summed E-state index contributed by atoms with van der Waals surface area (Å²) in [7, 11) is 1.66. The Labute approximate surface area is 167 Å². The molecule has 0 aliphatic carbocycles. The molecule has 0 radical (unpaired) electrons. The molecule has 0 aliphatic heterocycles. The Kier molecular flexibility index (Phi) is 9.97. The molecule has 7 nitrogen and oxygen atoms in total. The molecule has 1 amide bonds. The van der Waals surface area contributed by atoms with Gasteiger partial charge in [-0.15, -0.1) is 0 Å². The lowest BCUT2D eigenvalue weighted by molar-refractivity contribution is -0.118. The van der Waals surface area contributed by atoms with Crippen LogP contribution >= 0.6 is 0 Å². The first-order valence-corrected chi connectivity index (χ1v) is 8.72. The number of hydrogen-bond donors (Lipinski definition) is 4. The molecule has 2 aromatic carbocycles. The van der Waals surface area contributed by atoms with Gasteiger partial charge in [0.05, 0.1) is 6.61 Å². The third kappa shape index (κ3) is 8.93. The van der Waals surface area contributed by atoms with E-state index in [1.807, 2.05) is 0 Å². The number of aldehydes is 1. The maximum absolute atomic E-state index is 12.7. The van der Waals surface area contributed by atoms with E-state index >= 15 is 0 Å². The average Bonchev–Trinajstić information content (AvgIpc) is 2.66. The van der Waals surface area contributed by atoms with Crippen molar-refractivity contribution >= 4 is 29.4 Å². The third-order valence-electron chi connectivity index (χ3n) is 3.69. The van der Waals surface area contributed by atoms with Crippen LogP contribution < -0.4 is 16.0 Å². The highest BCUT2D eigenvalue weighted by Gasteiger charge is 2.04. The van der Waals surface area contributed by atoms with Crippen LogP contribution in [0.25, 0.3) is 0 Å². The minimum absolute atomic E-state index is 0.0150. The number of amidine groups is 1. The molecule has 2 aromatic rings. The topological polar surface area (TPSA) is 120 Å². The quantitative estimate of drug-likeness (QED) is 0.305. The Balaban J connectivity index is 0.000000296. The fraction of sp³-hybridized carbons (Fsp3) is 0.250. The maximum Gasteiger partial charge on any atom is 0.224 e. The van der Waals surface area contributed by atoms with E-state index in [0.717, 1.165) is 6.07 Å². The Hall–Kier alpha value is -3.33. The molecule has 0 bridgehead atoms. The van der Waals surface area contributed by atoms with E-state index in [9.17, 15) is 18.4 Å². The van der Waals surface area contributed by atoms with Crippen LogP contribution in [0, 0.1) is 17.0 Å². The van der Waals surface area contributed by atoms with Crippen molar-refractivity contribution < 1.29 is 23.5 Å². The molecule has 0 spiro atoms. The van der Waals surface area contributed by atoms with Gasteiger partial charge >= 0.3 is 0 Å². The third-order valence-corrected chi connectivity index (χ3v) is 3.69. The summed E-state index contributed by atoms with van der Waals surface area (Å²) in [5, 5.41) is 18.4. The highest BCUT2D eigenvalue weighted by molar-refractivity contribution is 5.96. The van der Waals surface area contributed by atoms with Crippen LogP contribution in [-0.4, -0.2) is 43.3 Å². The summed E-state index contributed by atoms with van der Waals surface area (Å²) in [5.74, 6) is -1.44. The Morgan fingerprint density at radius 3 is 2.28 bits per heavy atom. The molecule has 0 unspecified atom stereocenters. The second-order valence-corrected chi connectivity index (χ2v) is 6.02. The van der Waals surface area contributed by atoms with Gasteiger partial charge in [-0.1, -0.05) is 0 Å². The van der Waals surface area contributed by atoms with Crippen molar-refractivity contribution in [2.75, 3.05) is 30.4 Å². The van der Waals surface area contributed by atoms with Crippen LogP contribution in [0.5, 0.6) is 0 Å². The zero-order chi connectivity index (χ0) is 21.8. The summed E-state index contributed by atoms with van der Waals surface area (Å²) in [6.07, 6.45) is 1.10. The summed E-state index contributed by atoms with van der Waals surface area (Å²) < 4.78 is 25.4. The van der Waals surface area contributed by atoms with Crippen molar-refractivity contribution in [2.45, 2.75) is 12.8 Å². The molecule has 29 heavy (non-hydrogen) atoms. The molecule has 2 rings (SSSR count). The first-order chi connectivity index (χ1) is 13.8. The van der Waals surface area contributed by atoms with Crippen molar-refractivity contribution in [3.8, 4) is 0 Å². The number of nitrogens with two attached hydrogens (primary N) is 1. The number of nitrogens with one attached hydrogen (secondary N) is 2. The van der Waals surface area contributed by atoms with Gasteiger partial charge in [-0.2, -0.15) is 0 Å². The predicted octanol–water partition coefficient (Wildman–Crippen LogP) is 2.28. The average molecular weight is 406 g/mol. The minimum atomic E-state index is -0.611. The smallest absolute Gasteiger partial charge is 0.224 e. The zero-order valence-corrected chi connectivity index (χ0v) is 16.0. The van der Waals surface area contributed by atoms with E-state index in [0.29, 0.717) is 29.8 Å². The largest absolute Gasteiger partial charge is 0.395 e. The molecule has 0 heterocycles. The summed E-state index contributed by atoms with van der Waals surface area (Å²) in [6.45, 7) is 0.303. The summed E-state index contributed by atoms with van der Waals surface area (Å²) in [4.78, 5) is 22.9. The number of likely N-dealkylation sites (N-methyl/N-ethyl adjacent to an activating group) is 1. The van der Waals surface area contributed by atoms with Crippen molar-refractivity contribution in [3.05, 3.63) is 59.7 Å². The van der Waals surface area contributed by atoms with E-state index in [1.165, 1.54) is 12.1 Å². The summed E-state index contributed by atoms with van der Waals surface area (Å²) in [6, 6.07) is 9.88. The molecule has 0 aliphatic rings. The lowest BCUT2D eigenvalue weighted by Crippen LogP contribution is -2.21. The van der Waals surface area contributed by atoms with E-state index in [2.05, 4.69) is 5.32 Å². The first-order valence-electron chi connectivity index (χ1n) is 8.72. The van der Waals surface area contributed by atoms with Crippen molar-refractivity contribution in [3.63, 3.8) is 0 Å². The summed E-state index contributed by atoms with van der Waals surface area (Å²) >= 11 is 0. The molecule has 5 N–H and O–H groups in total. The number of carbonyl (C=O) groups is 2. The number of amides is 1. The van der Waals surface area contributed by atoms with Gasteiger partial charge in [-0.3, -0.25) is 10.2 Å². The van der Waals surface area contributed by atoms with Crippen LogP contribution in [-0.2, 0) is 9.59 Å². The molecule has 0 aromatic heterocycles. The number of carbonyl (C=O) groups excluding carboxylic acids is 2. The van der Waals surface area contributed by atoms with Gasteiger partial charge in [-0.25, -0.2) is 8.78 Å². The number of anilines is 2. The number of aliphatic hydroxyl groups is 1. The Bertz CT molecular complexity index is 809. The lowest BCUT2D eigenvalue weighted by atomic mass is 10.2. The molecule has 0 saturated carbocycles. The Morgan fingerprint density at radius 1 is 1.21 bits per heavy atom. The van der Waals surface area contributed by atoms with E-state index < -0.39 is 11.6 Å². The van der Waals surface area contributed by atoms with E-state index in [1.54, 1.807) is 36.2 Å². The molecule has 0 saturated heterocycles. The molecular weight excluding hydrogens is 382 g/mol. The van der Waals surface area contributed by atoms with E-state index in [-0.39, 0.29) is 31.2 Å². The van der Waals surface area contributed by atoms with Crippen molar-refractivity contribution in [1.29, 1.82) is 5.41 Å². The number of aliphatic hydroxyl groups excluding tert-OH is 1. The maximum atomic E-state index is 12.7. The second-order valence-electron chi connectivity index (χ2n) is 6.02. The number of nitrogens with zero attached hydrogens (tertiary/aromatic N) is 1. The number of nitrogen functional groups attached to an aromatic ring is 1. The number of benzene rings is 2. The van der Waals surface area contributed by atoms with E-state index in [4.69, 9.17) is 16.2 Å². The van der Waals surface area contributed by atoms with Crippen molar-refractivity contribution in [1.82, 2.24) is 0 Å². The van der Waals surface area contributed by atoms with Gasteiger partial charge in [0.2, 0.25) is 5.91 Å². The number of hydrogen-bond acceptors (Lipinski definition) is 5. The van der Waals surface area contributed by atoms with Gasteiger partial charge in [0, 0.05) is 49.4 Å². The SMILES string of the molecule is CN(CCO)c1cc(F)cc(F)c1.N=C(N)c1ccc(NC(=O)CCC=O)cc1. The molecule has 9 heteroatoms. The molecule has 156 valence electrons. The summed E-state index contributed by atoms with van der Waals surface area (Å²) in [5.41, 5.74) is 6.94. The highest BCUT2D eigenvalue weighted by atomic mass is 19.1. The second kappa shape index (κ2) is 12.2. The van der Waals surface area contributed by atoms with Crippen LogP contribution in [0.3, 0.4) is 0 Å². The van der Waals surface area contributed by atoms with Crippen molar-refractivity contribution in [2.24, 2.45) is 5.73 Å². The van der Waals surface area contributed by atoms with Crippen LogP contribution in [0.2, 0.25) is 0 Å². The van der Waals surface area contributed by atoms with Crippen LogP contribution in [0.15, 0.2) is 42.5 Å². The number of halogens is 2. The highest BCUT2D eigenvalue weighted by Crippen LogP contribution is 2.16. The van der Waals surface area contributed by atoms with Gasteiger partial charge < -0.3 is 25.9 Å². The van der Waals surface area contributed by atoms with Gasteiger partial charge in [0.25, 0.3) is 0 Å². The fourth-order valence-corrected chi connectivity index (χ4v) is 2.19. The predicted molar refractivity (Wildman–Crippen MR) is 108 cm³/mol. The van der Waals surface area contributed by atoms with Crippen LogP contribution in [0.1, 0.15) is 18.4 Å². The van der Waals surface area contributed by atoms with Crippen LogP contribution in [0.4, 0.5) is 20.2 Å².